The minimum absolute atomic E-state index is 0.0417. The number of nitrogens with zero attached hydrogens (tertiary/aromatic N) is 1. The number of morpholine rings is 1. The second-order valence-electron chi connectivity index (χ2n) is 5.38. The molecule has 1 saturated heterocycles. The van der Waals surface area contributed by atoms with Crippen molar-refractivity contribution in [3.8, 4) is 0 Å². The predicted octanol–water partition coefficient (Wildman–Crippen LogP) is 1.28. The Balaban J connectivity index is 2.08. The van der Waals surface area contributed by atoms with Gasteiger partial charge in [0, 0.05) is 37.8 Å². The van der Waals surface area contributed by atoms with Crippen molar-refractivity contribution >= 4 is 21.6 Å². The Morgan fingerprint density at radius 1 is 1.30 bits per heavy atom. The fourth-order valence-electron chi connectivity index (χ4n) is 2.50. The second kappa shape index (κ2) is 8.96. The maximum atomic E-state index is 12.0. The molecular formula is C15H23ClN2O4S. The number of hydrogen-bond acceptors (Lipinski definition) is 5. The molecule has 0 aliphatic carbocycles. The summed E-state index contributed by atoms with van der Waals surface area (Å²) in [5.74, 6) is -0.0417. The number of benzene rings is 1. The van der Waals surface area contributed by atoms with Crippen LogP contribution in [0.25, 0.3) is 0 Å². The highest BCUT2D eigenvalue weighted by atomic mass is 35.5. The van der Waals surface area contributed by atoms with E-state index >= 15 is 0 Å². The van der Waals surface area contributed by atoms with Gasteiger partial charge in [-0.3, -0.25) is 4.90 Å². The van der Waals surface area contributed by atoms with Crippen molar-refractivity contribution in [2.24, 2.45) is 0 Å². The van der Waals surface area contributed by atoms with Crippen molar-refractivity contribution in [3.63, 3.8) is 0 Å². The molecule has 0 amide bonds. The summed E-state index contributed by atoms with van der Waals surface area (Å²) in [5, 5.41) is 0.662. The van der Waals surface area contributed by atoms with E-state index in [9.17, 15) is 8.42 Å². The van der Waals surface area contributed by atoms with E-state index in [0.29, 0.717) is 24.8 Å². The summed E-state index contributed by atoms with van der Waals surface area (Å²) < 4.78 is 36.9. The molecule has 1 fully saturated rings. The first-order chi connectivity index (χ1) is 11.0. The molecule has 1 aromatic carbocycles. The van der Waals surface area contributed by atoms with Gasteiger partial charge in [-0.25, -0.2) is 13.1 Å². The van der Waals surface area contributed by atoms with Crippen LogP contribution < -0.4 is 4.72 Å². The van der Waals surface area contributed by atoms with Crippen LogP contribution in [0.5, 0.6) is 0 Å². The zero-order chi connectivity index (χ0) is 16.7. The van der Waals surface area contributed by atoms with Crippen molar-refractivity contribution < 1.29 is 17.9 Å². The molecule has 8 heteroatoms. The molecule has 1 heterocycles. The number of ether oxygens (including phenoxy) is 2. The van der Waals surface area contributed by atoms with Crippen LogP contribution in [0.4, 0.5) is 0 Å². The second-order valence-corrected chi connectivity index (χ2v) is 7.74. The Morgan fingerprint density at radius 2 is 1.96 bits per heavy atom. The molecule has 0 saturated carbocycles. The van der Waals surface area contributed by atoms with Crippen LogP contribution in [0, 0.1) is 0 Å². The molecule has 23 heavy (non-hydrogen) atoms. The highest BCUT2D eigenvalue weighted by Crippen LogP contribution is 2.23. The molecule has 1 N–H and O–H groups in total. The first kappa shape index (κ1) is 18.6. The Labute approximate surface area is 142 Å². The number of rotatable bonds is 8. The maximum absolute atomic E-state index is 12.0. The topological polar surface area (TPSA) is 67.9 Å². The standard InChI is InChI=1S/C15H23ClN2O4S/c1-21-10-11-23(19,20)17-12-15(18-6-8-22-9-7-18)13-2-4-14(16)5-3-13/h2-5,15,17H,6-12H2,1H3. The highest BCUT2D eigenvalue weighted by Gasteiger charge is 2.24. The van der Waals surface area contributed by atoms with E-state index in [4.69, 9.17) is 21.1 Å². The zero-order valence-corrected chi connectivity index (χ0v) is 14.8. The van der Waals surface area contributed by atoms with Gasteiger partial charge < -0.3 is 9.47 Å². The predicted molar refractivity (Wildman–Crippen MR) is 90.3 cm³/mol. The summed E-state index contributed by atoms with van der Waals surface area (Å²) in [6, 6.07) is 7.47. The highest BCUT2D eigenvalue weighted by molar-refractivity contribution is 7.89. The summed E-state index contributed by atoms with van der Waals surface area (Å²) in [4.78, 5) is 2.23. The molecule has 6 nitrogen and oxygen atoms in total. The summed E-state index contributed by atoms with van der Waals surface area (Å²) in [5.41, 5.74) is 1.03. The molecule has 0 spiro atoms. The molecular weight excluding hydrogens is 340 g/mol. The van der Waals surface area contributed by atoms with Gasteiger partial charge in [-0.2, -0.15) is 0 Å². The average molecular weight is 363 g/mol. The number of nitrogens with one attached hydrogen (secondary N) is 1. The van der Waals surface area contributed by atoms with Gasteiger partial charge in [0.2, 0.25) is 10.0 Å². The smallest absolute Gasteiger partial charge is 0.213 e. The molecule has 1 atom stereocenters. The van der Waals surface area contributed by atoms with E-state index in [1.807, 2.05) is 24.3 Å². The fourth-order valence-corrected chi connectivity index (χ4v) is 3.57. The van der Waals surface area contributed by atoms with Crippen LogP contribution in [0.3, 0.4) is 0 Å². The summed E-state index contributed by atoms with van der Waals surface area (Å²) >= 11 is 5.95. The molecule has 0 aromatic heterocycles. The number of hydrogen-bond donors (Lipinski definition) is 1. The first-order valence-corrected chi connectivity index (χ1v) is 9.58. The monoisotopic (exact) mass is 362 g/mol. The Morgan fingerprint density at radius 3 is 2.57 bits per heavy atom. The summed E-state index contributed by atoms with van der Waals surface area (Å²) in [7, 11) is -1.87. The van der Waals surface area contributed by atoms with Crippen LogP contribution in [0.2, 0.25) is 5.02 Å². The normalized spacial score (nSPS) is 18.0. The van der Waals surface area contributed by atoms with E-state index in [-0.39, 0.29) is 18.4 Å². The molecule has 130 valence electrons. The third-order valence-corrected chi connectivity index (χ3v) is 5.36. The zero-order valence-electron chi connectivity index (χ0n) is 13.2. The van der Waals surface area contributed by atoms with E-state index in [2.05, 4.69) is 9.62 Å². The van der Waals surface area contributed by atoms with Crippen molar-refractivity contribution in [1.29, 1.82) is 0 Å². The van der Waals surface area contributed by atoms with Crippen molar-refractivity contribution in [1.82, 2.24) is 9.62 Å². The van der Waals surface area contributed by atoms with Crippen LogP contribution in [0.15, 0.2) is 24.3 Å². The number of halogens is 1. The van der Waals surface area contributed by atoms with Gasteiger partial charge in [0.05, 0.1) is 25.6 Å². The molecule has 2 rings (SSSR count). The Hall–Kier alpha value is -0.700. The minimum atomic E-state index is -3.35. The molecule has 1 aliphatic rings. The van der Waals surface area contributed by atoms with Crippen molar-refractivity contribution in [2.75, 3.05) is 52.3 Å². The van der Waals surface area contributed by atoms with E-state index in [0.717, 1.165) is 18.7 Å². The van der Waals surface area contributed by atoms with Gasteiger partial charge >= 0.3 is 0 Å². The summed E-state index contributed by atoms with van der Waals surface area (Å²) in [6.07, 6.45) is 0. The average Bonchev–Trinajstić information content (AvgIpc) is 2.56. The lowest BCUT2D eigenvalue weighted by atomic mass is 10.1. The third-order valence-electron chi connectivity index (χ3n) is 3.79. The molecule has 0 radical (unpaired) electrons. The Kier molecular flexibility index (Phi) is 7.26. The van der Waals surface area contributed by atoms with Gasteiger partial charge in [0.1, 0.15) is 0 Å². The van der Waals surface area contributed by atoms with E-state index in [1.54, 1.807) is 0 Å². The van der Waals surface area contributed by atoms with E-state index < -0.39 is 10.0 Å². The van der Waals surface area contributed by atoms with Gasteiger partial charge in [-0.1, -0.05) is 23.7 Å². The molecule has 0 bridgehead atoms. The maximum Gasteiger partial charge on any atom is 0.213 e. The fraction of sp³-hybridized carbons (Fsp3) is 0.600. The van der Waals surface area contributed by atoms with E-state index in [1.165, 1.54) is 7.11 Å². The third kappa shape index (κ3) is 6.02. The van der Waals surface area contributed by atoms with Crippen molar-refractivity contribution in [3.05, 3.63) is 34.9 Å². The van der Waals surface area contributed by atoms with Gasteiger partial charge in [0.15, 0.2) is 0 Å². The SMILES string of the molecule is COCCS(=O)(=O)NCC(c1ccc(Cl)cc1)N1CCOCC1. The van der Waals surface area contributed by atoms with Gasteiger partial charge in [-0.05, 0) is 17.7 Å². The lowest BCUT2D eigenvalue weighted by molar-refractivity contribution is 0.0172. The first-order valence-electron chi connectivity index (χ1n) is 7.55. The number of methoxy groups -OCH3 is 1. The lowest BCUT2D eigenvalue weighted by Gasteiger charge is -2.35. The quantitative estimate of drug-likeness (QED) is 0.754. The van der Waals surface area contributed by atoms with Crippen LogP contribution in [0.1, 0.15) is 11.6 Å². The van der Waals surface area contributed by atoms with Crippen LogP contribution in [-0.4, -0.2) is 65.6 Å². The van der Waals surface area contributed by atoms with Crippen LogP contribution >= 0.6 is 11.6 Å². The molecule has 1 aromatic rings. The molecule has 1 aliphatic heterocycles. The van der Waals surface area contributed by atoms with Gasteiger partial charge in [-0.15, -0.1) is 0 Å². The minimum Gasteiger partial charge on any atom is -0.384 e. The molecule has 1 unspecified atom stereocenters. The van der Waals surface area contributed by atoms with Crippen LogP contribution in [-0.2, 0) is 19.5 Å². The van der Waals surface area contributed by atoms with Gasteiger partial charge in [0.25, 0.3) is 0 Å². The number of sulfonamides is 1. The Bertz CT molecular complexity index is 574. The van der Waals surface area contributed by atoms with Crippen molar-refractivity contribution in [2.45, 2.75) is 6.04 Å². The largest absolute Gasteiger partial charge is 0.384 e. The summed E-state index contributed by atoms with van der Waals surface area (Å²) in [6.45, 7) is 3.34. The lowest BCUT2D eigenvalue weighted by Crippen LogP contribution is -2.44.